The van der Waals surface area contributed by atoms with Crippen molar-refractivity contribution in [3.8, 4) is 5.69 Å². The maximum Gasteiger partial charge on any atom is 0.221 e. The number of carbonyl (C=O) groups is 1. The van der Waals surface area contributed by atoms with Crippen molar-refractivity contribution in [1.29, 1.82) is 0 Å². The van der Waals surface area contributed by atoms with E-state index in [4.69, 9.17) is 4.42 Å². The number of aromatic nitrogens is 2. The number of nitrogens with zero attached hydrogens (tertiary/aromatic N) is 2. The lowest BCUT2D eigenvalue weighted by Gasteiger charge is -2.03. The molecule has 0 saturated carbocycles. The van der Waals surface area contributed by atoms with E-state index >= 15 is 0 Å². The summed E-state index contributed by atoms with van der Waals surface area (Å²) in [4.78, 5) is 12.1. The molecule has 116 valence electrons. The molecule has 0 amide bonds. The first-order valence-corrected chi connectivity index (χ1v) is 7.47. The number of rotatable bonds is 4. The molecule has 3 rings (SSSR count). The third-order valence-electron chi connectivity index (χ3n) is 3.73. The molecule has 0 bridgehead atoms. The number of furan rings is 1. The smallest absolute Gasteiger partial charge is 0.221 e. The fourth-order valence-electron chi connectivity index (χ4n) is 2.52. The standard InChI is InChI=1S/C19H18N2O2/c1-13-9-12-19(23-13)18(22)11-10-17-14(2)20-21(15(17)3)16-7-5-4-6-8-16/h4-12H,1-3H3/b11-10+. The van der Waals surface area contributed by atoms with Gasteiger partial charge in [0.25, 0.3) is 0 Å². The van der Waals surface area contributed by atoms with Crippen molar-refractivity contribution in [2.45, 2.75) is 20.8 Å². The minimum absolute atomic E-state index is 0.149. The Labute approximate surface area is 135 Å². The Morgan fingerprint density at radius 2 is 1.83 bits per heavy atom. The summed E-state index contributed by atoms with van der Waals surface area (Å²) in [5.74, 6) is 0.930. The maximum atomic E-state index is 12.1. The first kappa shape index (κ1) is 15.0. The van der Waals surface area contributed by atoms with Crippen LogP contribution in [0.1, 0.15) is 33.3 Å². The highest BCUT2D eigenvalue weighted by Crippen LogP contribution is 2.19. The SMILES string of the molecule is Cc1ccc(C(=O)/C=C/c2c(C)nn(-c3ccccc3)c2C)o1. The molecule has 0 aliphatic carbocycles. The van der Waals surface area contributed by atoms with Crippen molar-refractivity contribution in [1.82, 2.24) is 9.78 Å². The lowest BCUT2D eigenvalue weighted by atomic mass is 10.1. The van der Waals surface area contributed by atoms with Crippen LogP contribution in [-0.4, -0.2) is 15.6 Å². The molecule has 2 aromatic heterocycles. The number of hydrogen-bond donors (Lipinski definition) is 0. The van der Waals surface area contributed by atoms with Crippen LogP contribution in [0.4, 0.5) is 0 Å². The maximum absolute atomic E-state index is 12.1. The van der Waals surface area contributed by atoms with Crippen molar-refractivity contribution >= 4 is 11.9 Å². The van der Waals surface area contributed by atoms with Crippen LogP contribution in [0.5, 0.6) is 0 Å². The predicted octanol–water partition coefficient (Wildman–Crippen LogP) is 4.29. The minimum atomic E-state index is -0.149. The van der Waals surface area contributed by atoms with Crippen molar-refractivity contribution in [2.75, 3.05) is 0 Å². The van der Waals surface area contributed by atoms with Crippen LogP contribution in [0, 0.1) is 20.8 Å². The third-order valence-corrected chi connectivity index (χ3v) is 3.73. The van der Waals surface area contributed by atoms with Crippen molar-refractivity contribution in [2.24, 2.45) is 0 Å². The predicted molar refractivity (Wildman–Crippen MR) is 89.8 cm³/mol. The van der Waals surface area contributed by atoms with Crippen LogP contribution in [0.3, 0.4) is 0 Å². The Kier molecular flexibility index (Phi) is 3.98. The van der Waals surface area contributed by atoms with Crippen LogP contribution in [0.15, 0.2) is 53.0 Å². The van der Waals surface area contributed by atoms with E-state index in [1.54, 1.807) is 18.2 Å². The molecule has 1 aromatic carbocycles. The Hall–Kier alpha value is -2.88. The van der Waals surface area contributed by atoms with Gasteiger partial charge in [0, 0.05) is 11.3 Å². The van der Waals surface area contributed by atoms with Gasteiger partial charge in [0.05, 0.1) is 11.4 Å². The van der Waals surface area contributed by atoms with E-state index in [1.807, 2.05) is 55.8 Å². The van der Waals surface area contributed by atoms with Crippen LogP contribution >= 0.6 is 0 Å². The van der Waals surface area contributed by atoms with Gasteiger partial charge in [0.15, 0.2) is 5.76 Å². The molecule has 0 atom stereocenters. The molecule has 0 unspecified atom stereocenters. The van der Waals surface area contributed by atoms with E-state index in [1.165, 1.54) is 6.08 Å². The number of allylic oxidation sites excluding steroid dienone is 1. The highest BCUT2D eigenvalue weighted by molar-refractivity contribution is 6.05. The number of carbonyl (C=O) groups excluding carboxylic acids is 1. The molecule has 0 N–H and O–H groups in total. The van der Waals surface area contributed by atoms with E-state index in [9.17, 15) is 4.79 Å². The topological polar surface area (TPSA) is 48.0 Å². The number of aryl methyl sites for hydroxylation is 2. The van der Waals surface area contributed by atoms with Crippen LogP contribution < -0.4 is 0 Å². The van der Waals surface area contributed by atoms with Gasteiger partial charge in [-0.3, -0.25) is 4.79 Å². The first-order valence-electron chi connectivity index (χ1n) is 7.47. The molecule has 0 fully saturated rings. The summed E-state index contributed by atoms with van der Waals surface area (Å²) in [5.41, 5.74) is 3.82. The van der Waals surface area contributed by atoms with Gasteiger partial charge in [-0.2, -0.15) is 5.10 Å². The number of para-hydroxylation sites is 1. The summed E-state index contributed by atoms with van der Waals surface area (Å²) in [5, 5.41) is 4.57. The van der Waals surface area contributed by atoms with E-state index < -0.39 is 0 Å². The second-order valence-corrected chi connectivity index (χ2v) is 5.44. The quantitative estimate of drug-likeness (QED) is 0.534. The summed E-state index contributed by atoms with van der Waals surface area (Å²) in [7, 11) is 0. The van der Waals surface area contributed by atoms with E-state index in [0.29, 0.717) is 5.76 Å². The molecule has 0 saturated heterocycles. The summed E-state index contributed by atoms with van der Waals surface area (Å²) in [6.45, 7) is 5.75. The van der Waals surface area contributed by atoms with Gasteiger partial charge in [0.2, 0.25) is 5.78 Å². The molecule has 0 spiro atoms. The minimum Gasteiger partial charge on any atom is -0.458 e. The Morgan fingerprint density at radius 1 is 1.09 bits per heavy atom. The highest BCUT2D eigenvalue weighted by Gasteiger charge is 2.12. The molecule has 3 aromatic rings. The van der Waals surface area contributed by atoms with Crippen molar-refractivity contribution in [3.05, 3.63) is 77.0 Å². The van der Waals surface area contributed by atoms with Gasteiger partial charge in [-0.25, -0.2) is 4.68 Å². The van der Waals surface area contributed by atoms with E-state index in [2.05, 4.69) is 5.10 Å². The molecule has 0 radical (unpaired) electrons. The number of hydrogen-bond acceptors (Lipinski definition) is 3. The van der Waals surface area contributed by atoms with Crippen LogP contribution in [0.25, 0.3) is 11.8 Å². The fourth-order valence-corrected chi connectivity index (χ4v) is 2.52. The van der Waals surface area contributed by atoms with Gasteiger partial charge >= 0.3 is 0 Å². The molecular weight excluding hydrogens is 288 g/mol. The van der Waals surface area contributed by atoms with Gasteiger partial charge in [-0.05, 0) is 57.2 Å². The molecule has 4 heteroatoms. The van der Waals surface area contributed by atoms with Gasteiger partial charge in [0.1, 0.15) is 5.76 Å². The first-order chi connectivity index (χ1) is 11.1. The monoisotopic (exact) mass is 306 g/mol. The summed E-state index contributed by atoms with van der Waals surface area (Å²) in [6, 6.07) is 13.4. The molecule has 4 nitrogen and oxygen atoms in total. The average molecular weight is 306 g/mol. The highest BCUT2D eigenvalue weighted by atomic mass is 16.3. The van der Waals surface area contributed by atoms with Gasteiger partial charge in [-0.1, -0.05) is 18.2 Å². The summed E-state index contributed by atoms with van der Waals surface area (Å²) < 4.78 is 7.23. The average Bonchev–Trinajstić information content (AvgIpc) is 3.10. The summed E-state index contributed by atoms with van der Waals surface area (Å²) in [6.07, 6.45) is 3.34. The fraction of sp³-hybridized carbons (Fsp3) is 0.158. The summed E-state index contributed by atoms with van der Waals surface area (Å²) >= 11 is 0. The van der Waals surface area contributed by atoms with Crippen LogP contribution in [0.2, 0.25) is 0 Å². The number of benzene rings is 1. The normalized spacial score (nSPS) is 11.3. The Morgan fingerprint density at radius 3 is 2.48 bits per heavy atom. The van der Waals surface area contributed by atoms with Crippen molar-refractivity contribution < 1.29 is 9.21 Å². The van der Waals surface area contributed by atoms with Crippen LogP contribution in [-0.2, 0) is 0 Å². The zero-order chi connectivity index (χ0) is 16.4. The zero-order valence-corrected chi connectivity index (χ0v) is 13.4. The molecule has 0 aliphatic rings. The second kappa shape index (κ2) is 6.08. The van der Waals surface area contributed by atoms with E-state index in [0.717, 1.165) is 28.4 Å². The van der Waals surface area contributed by atoms with Gasteiger partial charge in [-0.15, -0.1) is 0 Å². The Balaban J connectivity index is 1.90. The van der Waals surface area contributed by atoms with Gasteiger partial charge < -0.3 is 4.42 Å². The lowest BCUT2D eigenvalue weighted by Crippen LogP contribution is -1.98. The van der Waals surface area contributed by atoms with Crippen molar-refractivity contribution in [3.63, 3.8) is 0 Å². The third kappa shape index (κ3) is 3.01. The molecule has 0 aliphatic heterocycles. The van der Waals surface area contributed by atoms with E-state index in [-0.39, 0.29) is 5.78 Å². The molecule has 23 heavy (non-hydrogen) atoms. The lowest BCUT2D eigenvalue weighted by molar-refractivity contribution is 0.102. The molecular formula is C19H18N2O2. The second-order valence-electron chi connectivity index (χ2n) is 5.44. The largest absolute Gasteiger partial charge is 0.458 e. The number of ketones is 1. The zero-order valence-electron chi connectivity index (χ0n) is 13.4. The molecule has 2 heterocycles. The Bertz CT molecular complexity index is 870.